The van der Waals surface area contributed by atoms with Gasteiger partial charge in [-0.05, 0) is 103 Å². The molecule has 10 heteroatoms. The third-order valence-corrected chi connectivity index (χ3v) is 14.1. The van der Waals surface area contributed by atoms with Crippen LogP contribution in [0.4, 0.5) is 5.69 Å². The summed E-state index contributed by atoms with van der Waals surface area (Å²) in [6, 6.07) is 22.1. The SMILES string of the molecule is CCCCc1c(CCCC)c(-c2cc3c(cc2C(=O)N2Cc4ccccc4C[C@H]2CN2CCOCC2)CN(S(=O)(=O)N(C)c2ccccc2)CC3)n(C)c1C. The van der Waals surface area contributed by atoms with Gasteiger partial charge in [0.15, 0.2) is 0 Å². The minimum atomic E-state index is -3.82. The van der Waals surface area contributed by atoms with E-state index in [-0.39, 0.29) is 18.5 Å². The minimum absolute atomic E-state index is 0.00407. The van der Waals surface area contributed by atoms with Crippen LogP contribution < -0.4 is 4.31 Å². The quantitative estimate of drug-likeness (QED) is 0.143. The lowest BCUT2D eigenvalue weighted by Crippen LogP contribution is -2.52. The average Bonchev–Trinajstić information content (AvgIpc) is 3.45. The van der Waals surface area contributed by atoms with Crippen LogP contribution in [-0.2, 0) is 60.8 Å². The zero-order chi connectivity index (χ0) is 38.7. The number of carbonyl (C=O) groups excluding carboxylic acids is 1. The molecule has 0 N–H and O–H groups in total. The number of rotatable bonds is 13. The van der Waals surface area contributed by atoms with Gasteiger partial charge < -0.3 is 14.2 Å². The first kappa shape index (κ1) is 39.3. The fourth-order valence-electron chi connectivity index (χ4n) is 8.91. The molecule has 4 heterocycles. The monoisotopic (exact) mass is 765 g/mol. The van der Waals surface area contributed by atoms with E-state index in [1.807, 2.05) is 30.3 Å². The first-order chi connectivity index (χ1) is 26.6. The van der Waals surface area contributed by atoms with E-state index >= 15 is 4.79 Å². The van der Waals surface area contributed by atoms with Gasteiger partial charge in [-0.15, -0.1) is 0 Å². The molecule has 0 spiro atoms. The van der Waals surface area contributed by atoms with Crippen LogP contribution in [0.15, 0.2) is 66.7 Å². The van der Waals surface area contributed by atoms with Crippen LogP contribution in [0.5, 0.6) is 0 Å². The Bertz CT molecular complexity index is 2090. The summed E-state index contributed by atoms with van der Waals surface area (Å²) in [5.41, 5.74) is 12.0. The van der Waals surface area contributed by atoms with Gasteiger partial charge in [-0.3, -0.25) is 14.0 Å². The number of aromatic nitrogens is 1. The van der Waals surface area contributed by atoms with Gasteiger partial charge >= 0.3 is 10.2 Å². The molecule has 7 rings (SSSR count). The highest BCUT2D eigenvalue weighted by atomic mass is 32.2. The molecular formula is C45H59N5O4S. The topological polar surface area (TPSA) is 78.3 Å². The van der Waals surface area contributed by atoms with Crippen molar-refractivity contribution >= 4 is 21.8 Å². The van der Waals surface area contributed by atoms with Gasteiger partial charge in [0.05, 0.1) is 24.6 Å². The summed E-state index contributed by atoms with van der Waals surface area (Å²) in [7, 11) is -0.0359. The van der Waals surface area contributed by atoms with Crippen LogP contribution >= 0.6 is 0 Å². The highest BCUT2D eigenvalue weighted by molar-refractivity contribution is 7.90. The molecule has 294 valence electrons. The predicted molar refractivity (Wildman–Crippen MR) is 222 cm³/mol. The minimum Gasteiger partial charge on any atom is -0.379 e. The fourth-order valence-corrected chi connectivity index (χ4v) is 10.3. The molecule has 1 atom stereocenters. The molecule has 0 bridgehead atoms. The smallest absolute Gasteiger partial charge is 0.304 e. The van der Waals surface area contributed by atoms with Crippen LogP contribution in [-0.4, -0.2) is 85.5 Å². The van der Waals surface area contributed by atoms with Crippen LogP contribution in [0.1, 0.15) is 89.0 Å². The number of carbonyl (C=O) groups is 1. The van der Waals surface area contributed by atoms with E-state index in [9.17, 15) is 8.42 Å². The van der Waals surface area contributed by atoms with Gasteiger partial charge in [0.25, 0.3) is 5.91 Å². The van der Waals surface area contributed by atoms with Crippen LogP contribution in [0.2, 0.25) is 0 Å². The van der Waals surface area contributed by atoms with Crippen LogP contribution in [0, 0.1) is 6.92 Å². The molecule has 4 aromatic rings. The average molecular weight is 766 g/mol. The number of hydrogen-bond donors (Lipinski definition) is 0. The van der Waals surface area contributed by atoms with Gasteiger partial charge in [0.1, 0.15) is 0 Å². The van der Waals surface area contributed by atoms with Crippen molar-refractivity contribution < 1.29 is 17.9 Å². The number of benzene rings is 3. The summed E-state index contributed by atoms with van der Waals surface area (Å²) in [5, 5.41) is 0. The Labute approximate surface area is 329 Å². The van der Waals surface area contributed by atoms with E-state index in [4.69, 9.17) is 4.74 Å². The molecule has 3 aliphatic rings. The van der Waals surface area contributed by atoms with Crippen molar-refractivity contribution in [3.8, 4) is 11.3 Å². The van der Waals surface area contributed by atoms with E-state index in [2.05, 4.69) is 78.6 Å². The lowest BCUT2D eigenvalue weighted by atomic mass is 9.88. The lowest BCUT2D eigenvalue weighted by Gasteiger charge is -2.41. The van der Waals surface area contributed by atoms with Gasteiger partial charge in [-0.1, -0.05) is 69.2 Å². The number of para-hydroxylation sites is 1. The second kappa shape index (κ2) is 17.0. The molecule has 3 aromatic carbocycles. The van der Waals surface area contributed by atoms with E-state index in [0.29, 0.717) is 44.0 Å². The number of morpholine rings is 1. The number of anilines is 1. The molecule has 0 unspecified atom stereocenters. The van der Waals surface area contributed by atoms with Crippen molar-refractivity contribution in [1.29, 1.82) is 0 Å². The maximum Gasteiger partial charge on any atom is 0.304 e. The molecule has 55 heavy (non-hydrogen) atoms. The molecule has 1 amide bonds. The van der Waals surface area contributed by atoms with Gasteiger partial charge in [-0.25, -0.2) is 0 Å². The zero-order valence-corrected chi connectivity index (χ0v) is 34.3. The van der Waals surface area contributed by atoms with Crippen molar-refractivity contribution in [2.24, 2.45) is 7.05 Å². The molecule has 9 nitrogen and oxygen atoms in total. The number of hydrogen-bond acceptors (Lipinski definition) is 5. The molecule has 1 fully saturated rings. The molecule has 1 aromatic heterocycles. The summed E-state index contributed by atoms with van der Waals surface area (Å²) in [6.45, 7) is 11.8. The first-order valence-corrected chi connectivity index (χ1v) is 21.8. The maximum atomic E-state index is 15.5. The second-order valence-corrected chi connectivity index (χ2v) is 17.7. The highest BCUT2D eigenvalue weighted by Gasteiger charge is 2.36. The molecule has 0 saturated carbocycles. The Kier molecular flexibility index (Phi) is 12.2. The van der Waals surface area contributed by atoms with Gasteiger partial charge in [0.2, 0.25) is 0 Å². The zero-order valence-electron chi connectivity index (χ0n) is 33.5. The Morgan fingerprint density at radius 2 is 1.51 bits per heavy atom. The number of fused-ring (bicyclic) bond motifs is 2. The van der Waals surface area contributed by atoms with E-state index in [1.165, 1.54) is 32.3 Å². The fraction of sp³-hybridized carbons (Fsp3) is 0.489. The summed E-state index contributed by atoms with van der Waals surface area (Å²) in [5.74, 6) is 0.0161. The number of ether oxygens (including phenoxy) is 1. The highest BCUT2D eigenvalue weighted by Crippen LogP contribution is 2.39. The summed E-state index contributed by atoms with van der Waals surface area (Å²) < 4.78 is 39.1. The molecule has 0 radical (unpaired) electrons. The molecular weight excluding hydrogens is 707 g/mol. The molecule has 0 aliphatic carbocycles. The molecule has 3 aliphatic heterocycles. The predicted octanol–water partition coefficient (Wildman–Crippen LogP) is 7.32. The summed E-state index contributed by atoms with van der Waals surface area (Å²) in [6.07, 6.45) is 7.78. The Balaban J connectivity index is 1.35. The van der Waals surface area contributed by atoms with E-state index in [1.54, 1.807) is 11.4 Å². The van der Waals surface area contributed by atoms with E-state index in [0.717, 1.165) is 87.0 Å². The van der Waals surface area contributed by atoms with Gasteiger partial charge in [-0.2, -0.15) is 12.7 Å². The van der Waals surface area contributed by atoms with Gasteiger partial charge in [0, 0.05) is 76.2 Å². The van der Waals surface area contributed by atoms with Crippen molar-refractivity contribution in [2.75, 3.05) is 50.7 Å². The number of amides is 1. The third kappa shape index (κ3) is 8.01. The number of nitrogens with zero attached hydrogens (tertiary/aromatic N) is 5. The summed E-state index contributed by atoms with van der Waals surface area (Å²) >= 11 is 0. The second-order valence-electron chi connectivity index (χ2n) is 15.7. The Morgan fingerprint density at radius 3 is 2.22 bits per heavy atom. The largest absolute Gasteiger partial charge is 0.379 e. The maximum absolute atomic E-state index is 15.5. The first-order valence-electron chi connectivity index (χ1n) is 20.4. The van der Waals surface area contributed by atoms with E-state index < -0.39 is 10.2 Å². The Hall–Kier alpha value is -3.96. The Morgan fingerprint density at radius 1 is 0.836 bits per heavy atom. The number of unbranched alkanes of at least 4 members (excludes halogenated alkanes) is 2. The van der Waals surface area contributed by atoms with Crippen LogP contribution in [0.3, 0.4) is 0 Å². The third-order valence-electron chi connectivity index (χ3n) is 12.3. The van der Waals surface area contributed by atoms with Crippen molar-refractivity contribution in [3.05, 3.63) is 111 Å². The van der Waals surface area contributed by atoms with Crippen molar-refractivity contribution in [3.63, 3.8) is 0 Å². The molecule has 1 saturated heterocycles. The lowest BCUT2D eigenvalue weighted by molar-refractivity contribution is 0.0193. The summed E-state index contributed by atoms with van der Waals surface area (Å²) in [4.78, 5) is 20.1. The van der Waals surface area contributed by atoms with Crippen molar-refractivity contribution in [2.45, 2.75) is 91.3 Å². The van der Waals surface area contributed by atoms with Crippen LogP contribution in [0.25, 0.3) is 11.3 Å². The van der Waals surface area contributed by atoms with Crippen molar-refractivity contribution in [1.82, 2.24) is 18.7 Å². The standard InChI is InChI=1S/C45H59N5O4S/c1-6-8-19-40-33(3)46(4)44(41(40)20-9-7-2)42-28-35-21-22-49(55(52,53)47(5)38-17-11-10-12-18-38)30-37(35)29-43(42)45(51)50-31-36-16-14-13-15-34(36)27-39(50)32-48-23-25-54-26-24-48/h10-18,28-29,39H,6-9,19-27,30-32H2,1-5H3/t39-/m0/s1. The normalized spacial score (nSPS) is 17.9.